The summed E-state index contributed by atoms with van der Waals surface area (Å²) in [6.45, 7) is 2.25. The molecule has 1 fully saturated rings. The number of aryl methyl sites for hydroxylation is 1. The number of halogens is 4. The molecule has 0 aliphatic heterocycles. The van der Waals surface area contributed by atoms with Gasteiger partial charge in [0.15, 0.2) is 5.82 Å². The van der Waals surface area contributed by atoms with Gasteiger partial charge in [-0.2, -0.15) is 17.9 Å². The number of amides is 1. The minimum absolute atomic E-state index is 0.0329. The summed E-state index contributed by atoms with van der Waals surface area (Å²) in [6, 6.07) is 0.424. The maximum Gasteiger partial charge on any atom is 0.404 e. The number of carbonyl (C=O) groups excluding carboxylic acids is 1. The monoisotopic (exact) mass is 527 g/mol. The number of aromatic nitrogens is 3. The molecule has 0 saturated heterocycles. The number of hydrogen-bond donors (Lipinski definition) is 3. The van der Waals surface area contributed by atoms with Gasteiger partial charge in [0.05, 0.1) is 23.7 Å². The average Bonchev–Trinajstić information content (AvgIpc) is 3.17. The van der Waals surface area contributed by atoms with Crippen LogP contribution in [0.2, 0.25) is 0 Å². The first-order valence-electron chi connectivity index (χ1n) is 11.4. The first kappa shape index (κ1) is 26.0. The molecule has 0 radical (unpaired) electrons. The smallest absolute Gasteiger partial charge is 0.351 e. The van der Waals surface area contributed by atoms with Crippen LogP contribution >= 0.6 is 0 Å². The predicted molar refractivity (Wildman–Crippen MR) is 124 cm³/mol. The number of H-pyrrole nitrogens is 1. The second kappa shape index (κ2) is 9.77. The van der Waals surface area contributed by atoms with E-state index < -0.39 is 38.9 Å². The van der Waals surface area contributed by atoms with Gasteiger partial charge < -0.3 is 10.3 Å². The molecule has 8 nitrogen and oxygen atoms in total. The molecule has 0 unspecified atom stereocenters. The summed E-state index contributed by atoms with van der Waals surface area (Å²) in [5, 5.41) is 3.29. The molecule has 0 bridgehead atoms. The van der Waals surface area contributed by atoms with Gasteiger partial charge in [-0.25, -0.2) is 22.8 Å². The highest BCUT2D eigenvalue weighted by molar-refractivity contribution is 7.89. The quantitative estimate of drug-likeness (QED) is 0.412. The lowest BCUT2D eigenvalue weighted by Gasteiger charge is -2.22. The van der Waals surface area contributed by atoms with Crippen molar-refractivity contribution in [2.24, 2.45) is 0 Å². The van der Waals surface area contributed by atoms with Crippen molar-refractivity contribution in [1.82, 2.24) is 25.0 Å². The molecule has 1 atom stereocenters. The van der Waals surface area contributed by atoms with Crippen molar-refractivity contribution in [1.29, 1.82) is 0 Å². The van der Waals surface area contributed by atoms with E-state index >= 15 is 0 Å². The van der Waals surface area contributed by atoms with Crippen LogP contribution in [0.1, 0.15) is 54.9 Å². The SMILES string of the molecule is Cc1cc2[nH]c(-c3ncc(S(=O)(=O)N[C@@H](C)C(F)(F)F)cn3)c(C(=O)NC3CCCCC3)c2cc1F. The molecule has 1 aromatic carbocycles. The Morgan fingerprint density at radius 1 is 1.14 bits per heavy atom. The highest BCUT2D eigenvalue weighted by atomic mass is 32.2. The topological polar surface area (TPSA) is 117 Å². The van der Waals surface area contributed by atoms with Crippen molar-refractivity contribution < 1.29 is 30.8 Å². The van der Waals surface area contributed by atoms with E-state index in [0.29, 0.717) is 23.4 Å². The van der Waals surface area contributed by atoms with Gasteiger partial charge >= 0.3 is 6.18 Å². The van der Waals surface area contributed by atoms with Gasteiger partial charge in [0.25, 0.3) is 5.91 Å². The Morgan fingerprint density at radius 3 is 2.39 bits per heavy atom. The van der Waals surface area contributed by atoms with Crippen molar-refractivity contribution in [2.45, 2.75) is 69.1 Å². The minimum Gasteiger partial charge on any atom is -0.351 e. The zero-order chi connectivity index (χ0) is 26.3. The van der Waals surface area contributed by atoms with E-state index in [0.717, 1.165) is 44.5 Å². The number of fused-ring (bicyclic) bond motifs is 1. The molecule has 2 heterocycles. The van der Waals surface area contributed by atoms with Gasteiger partial charge in [0, 0.05) is 16.9 Å². The second-order valence-electron chi connectivity index (χ2n) is 8.96. The van der Waals surface area contributed by atoms with Gasteiger partial charge in [0.2, 0.25) is 10.0 Å². The molecule has 2 aromatic heterocycles. The number of hydrogen-bond acceptors (Lipinski definition) is 5. The van der Waals surface area contributed by atoms with Crippen LogP contribution in [0.5, 0.6) is 0 Å². The van der Waals surface area contributed by atoms with Crippen LogP contribution in [-0.4, -0.2) is 47.5 Å². The highest BCUT2D eigenvalue weighted by Crippen LogP contribution is 2.31. The van der Waals surface area contributed by atoms with Crippen LogP contribution in [0.4, 0.5) is 17.6 Å². The molecule has 3 N–H and O–H groups in total. The molecule has 4 rings (SSSR count). The van der Waals surface area contributed by atoms with E-state index in [1.165, 1.54) is 16.9 Å². The Morgan fingerprint density at radius 2 is 1.78 bits per heavy atom. The summed E-state index contributed by atoms with van der Waals surface area (Å²) in [7, 11) is -4.56. The van der Waals surface area contributed by atoms with Crippen molar-refractivity contribution in [2.75, 3.05) is 0 Å². The van der Waals surface area contributed by atoms with E-state index in [2.05, 4.69) is 20.3 Å². The van der Waals surface area contributed by atoms with E-state index in [-0.39, 0.29) is 23.1 Å². The van der Waals surface area contributed by atoms with Gasteiger partial charge in [-0.05, 0) is 44.4 Å². The lowest BCUT2D eigenvalue weighted by Crippen LogP contribution is -2.43. The summed E-state index contributed by atoms with van der Waals surface area (Å²) < 4.78 is 79.0. The number of carbonyl (C=O) groups is 1. The van der Waals surface area contributed by atoms with Crippen molar-refractivity contribution in [3.63, 3.8) is 0 Å². The maximum atomic E-state index is 14.4. The van der Waals surface area contributed by atoms with Crippen LogP contribution in [0.25, 0.3) is 22.4 Å². The third-order valence-corrected chi connectivity index (χ3v) is 7.73. The molecule has 1 amide bonds. The second-order valence-corrected chi connectivity index (χ2v) is 10.7. The van der Waals surface area contributed by atoms with E-state index in [1.54, 1.807) is 6.92 Å². The van der Waals surface area contributed by atoms with Crippen molar-refractivity contribution in [3.8, 4) is 11.5 Å². The fraction of sp³-hybridized carbons (Fsp3) is 0.435. The Bertz CT molecular complexity index is 1380. The Hall–Kier alpha value is -3.06. The minimum atomic E-state index is -4.77. The molecule has 13 heteroatoms. The molecule has 1 aliphatic carbocycles. The number of aromatic amines is 1. The normalized spacial score (nSPS) is 16.3. The largest absolute Gasteiger partial charge is 0.404 e. The summed E-state index contributed by atoms with van der Waals surface area (Å²) in [5.41, 5.74) is 1.05. The zero-order valence-corrected chi connectivity index (χ0v) is 20.4. The number of sulfonamides is 1. The number of nitrogens with one attached hydrogen (secondary N) is 3. The van der Waals surface area contributed by atoms with E-state index in [9.17, 15) is 30.8 Å². The van der Waals surface area contributed by atoms with Gasteiger partial charge in [-0.1, -0.05) is 19.3 Å². The Labute approximate surface area is 205 Å². The molecule has 0 spiro atoms. The number of nitrogens with zero attached hydrogens (tertiary/aromatic N) is 2. The number of benzene rings is 1. The van der Waals surface area contributed by atoms with Crippen LogP contribution in [0.15, 0.2) is 29.4 Å². The van der Waals surface area contributed by atoms with Gasteiger partial charge in [0.1, 0.15) is 16.8 Å². The Balaban J connectivity index is 1.72. The van der Waals surface area contributed by atoms with Gasteiger partial charge in [-0.3, -0.25) is 4.79 Å². The Kier molecular flexibility index (Phi) is 7.06. The predicted octanol–water partition coefficient (Wildman–Crippen LogP) is 4.36. The molecule has 3 aromatic rings. The summed E-state index contributed by atoms with van der Waals surface area (Å²) in [4.78, 5) is 23.7. The lowest BCUT2D eigenvalue weighted by molar-refractivity contribution is -0.147. The van der Waals surface area contributed by atoms with Crippen molar-refractivity contribution >= 4 is 26.8 Å². The molecule has 1 aliphatic rings. The van der Waals surface area contributed by atoms with E-state index in [4.69, 9.17) is 0 Å². The highest BCUT2D eigenvalue weighted by Gasteiger charge is 2.39. The fourth-order valence-electron chi connectivity index (χ4n) is 4.18. The zero-order valence-electron chi connectivity index (χ0n) is 19.5. The first-order chi connectivity index (χ1) is 16.9. The lowest BCUT2D eigenvalue weighted by atomic mass is 9.95. The van der Waals surface area contributed by atoms with E-state index in [1.807, 2.05) is 0 Å². The molecular weight excluding hydrogens is 502 g/mol. The van der Waals surface area contributed by atoms with Crippen molar-refractivity contribution in [3.05, 3.63) is 41.5 Å². The molecule has 194 valence electrons. The third kappa shape index (κ3) is 5.36. The standard InChI is InChI=1S/C23H25F4N5O3S/c1-12-8-18-16(9-17(12)24)19(22(33)30-14-6-4-3-5-7-14)20(31-18)21-28-10-15(11-29-21)36(34,35)32-13(2)23(25,26)27/h8-11,13-14,31-32H,3-7H2,1-2H3,(H,30,33)/t13-/m0/s1. The van der Waals surface area contributed by atoms with Crippen LogP contribution < -0.4 is 10.0 Å². The summed E-state index contributed by atoms with van der Waals surface area (Å²) in [5.74, 6) is -1.03. The van der Waals surface area contributed by atoms with Crippen LogP contribution in [0.3, 0.4) is 0 Å². The van der Waals surface area contributed by atoms with Crippen LogP contribution in [-0.2, 0) is 10.0 Å². The summed E-state index contributed by atoms with van der Waals surface area (Å²) in [6.07, 6.45) is 1.65. The van der Waals surface area contributed by atoms with Crippen LogP contribution in [0, 0.1) is 12.7 Å². The first-order valence-corrected chi connectivity index (χ1v) is 12.9. The number of rotatable bonds is 6. The van der Waals surface area contributed by atoms with Gasteiger partial charge in [-0.15, -0.1) is 0 Å². The third-order valence-electron chi connectivity index (χ3n) is 6.23. The maximum absolute atomic E-state index is 14.4. The molecular formula is C23H25F4N5O3S. The molecule has 36 heavy (non-hydrogen) atoms. The molecule has 1 saturated carbocycles. The number of alkyl halides is 3. The summed E-state index contributed by atoms with van der Waals surface area (Å²) >= 11 is 0. The fourth-order valence-corrected chi connectivity index (χ4v) is 5.30. The average molecular weight is 528 g/mol.